The topological polar surface area (TPSA) is 54.2 Å². The van der Waals surface area contributed by atoms with Crippen LogP contribution in [0, 0.1) is 0 Å². The van der Waals surface area contributed by atoms with E-state index in [4.69, 9.17) is 8.48 Å². The fraction of sp³-hybridized carbons (Fsp3) is 0.381. The van der Waals surface area contributed by atoms with Gasteiger partial charge in [-0.2, -0.15) is 13.2 Å². The first-order chi connectivity index (χ1) is 14.3. The average molecular weight is 410 g/mol. The van der Waals surface area contributed by atoms with Crippen LogP contribution in [-0.4, -0.2) is 54.9 Å². The van der Waals surface area contributed by atoms with Crippen LogP contribution in [0.15, 0.2) is 36.9 Å². The second-order valence-corrected chi connectivity index (χ2v) is 7.09. The van der Waals surface area contributed by atoms with Crippen LogP contribution in [0.1, 0.15) is 20.6 Å². The Balaban J connectivity index is 2.12. The number of nitrogens with two attached hydrogens (primary N) is 1. The second-order valence-electron chi connectivity index (χ2n) is 7.09. The van der Waals surface area contributed by atoms with Gasteiger partial charge in [0.25, 0.3) is 0 Å². The van der Waals surface area contributed by atoms with Crippen LogP contribution in [0.2, 0.25) is 0 Å². The molecule has 156 valence electrons. The number of benzene rings is 1. The van der Waals surface area contributed by atoms with E-state index in [1.807, 2.05) is 11.9 Å². The third-order valence-electron chi connectivity index (χ3n) is 4.96. The maximum absolute atomic E-state index is 14.5. The summed E-state index contributed by atoms with van der Waals surface area (Å²) in [5.74, 6) is 0. The molecule has 29 heavy (non-hydrogen) atoms. The molecule has 0 aliphatic carbocycles. The Morgan fingerprint density at radius 2 is 2.21 bits per heavy atom. The van der Waals surface area contributed by atoms with Crippen LogP contribution in [-0.2, 0) is 0 Å². The van der Waals surface area contributed by atoms with Crippen LogP contribution < -0.4 is 11.1 Å². The van der Waals surface area contributed by atoms with Crippen molar-refractivity contribution >= 4 is 28.1 Å². The molecular formula is C21H24F4N4. The van der Waals surface area contributed by atoms with Gasteiger partial charge in [-0.25, -0.2) is 9.37 Å². The normalized spacial score (nSPS) is 22.6. The van der Waals surface area contributed by atoms with Crippen molar-refractivity contribution in [3.8, 4) is 0 Å². The predicted octanol–water partition coefficient (Wildman–Crippen LogP) is 4.24. The van der Waals surface area contributed by atoms with Crippen molar-refractivity contribution < 1.29 is 20.3 Å². The molecular weight excluding hydrogens is 384 g/mol. The SMILES string of the molecule is [2H]C([2H])(N)/C=C/c1cc2c(N[C@@H]3CCN(C)C[C@@H]3F)cccc2c(C(=C)C(F)(F)F)n1. The summed E-state index contributed by atoms with van der Waals surface area (Å²) in [6.07, 6.45) is -3.07. The molecule has 1 aromatic carbocycles. The second kappa shape index (κ2) is 8.51. The number of nitrogens with one attached hydrogen (secondary N) is 1. The highest BCUT2D eigenvalue weighted by atomic mass is 19.4. The van der Waals surface area contributed by atoms with Crippen molar-refractivity contribution in [2.75, 3.05) is 32.0 Å². The lowest BCUT2D eigenvalue weighted by Gasteiger charge is -2.33. The van der Waals surface area contributed by atoms with Gasteiger partial charge in [0.05, 0.1) is 23.0 Å². The van der Waals surface area contributed by atoms with Crippen molar-refractivity contribution in [1.82, 2.24) is 9.88 Å². The number of alkyl halides is 4. The van der Waals surface area contributed by atoms with Gasteiger partial charge in [-0.05, 0) is 31.7 Å². The lowest BCUT2D eigenvalue weighted by atomic mass is 9.99. The molecule has 0 saturated carbocycles. The van der Waals surface area contributed by atoms with Crippen LogP contribution in [0.25, 0.3) is 22.4 Å². The minimum atomic E-state index is -4.70. The summed E-state index contributed by atoms with van der Waals surface area (Å²) in [7, 11) is 1.83. The van der Waals surface area contributed by atoms with Crippen molar-refractivity contribution in [2.24, 2.45) is 5.73 Å². The Morgan fingerprint density at radius 3 is 2.86 bits per heavy atom. The molecule has 4 nitrogen and oxygen atoms in total. The molecule has 2 heterocycles. The standard InChI is InChI=1S/C21H24F4N4/c1-13(21(23,24)25)20-15-6-3-7-18(16(15)11-14(27-20)5-4-9-26)28-19-8-10-29(2)12-17(19)22/h3-7,11,17,19,28H,1,8-10,12,26H2,2H3/b5-4+/t17-,19+/m0/s1/i9D2. The number of fused-ring (bicyclic) bond motifs is 1. The van der Waals surface area contributed by atoms with E-state index in [9.17, 15) is 17.6 Å². The van der Waals surface area contributed by atoms with E-state index < -0.39 is 30.5 Å². The number of nitrogens with zero attached hydrogens (tertiary/aromatic N) is 2. The van der Waals surface area contributed by atoms with Crippen molar-refractivity contribution in [2.45, 2.75) is 24.8 Å². The molecule has 1 saturated heterocycles. The fourth-order valence-electron chi connectivity index (χ4n) is 3.42. The number of piperidine rings is 1. The first kappa shape index (κ1) is 18.6. The first-order valence-corrected chi connectivity index (χ1v) is 9.12. The van der Waals surface area contributed by atoms with E-state index in [1.54, 1.807) is 12.1 Å². The van der Waals surface area contributed by atoms with E-state index in [1.165, 1.54) is 18.2 Å². The van der Waals surface area contributed by atoms with Crippen LogP contribution in [0.4, 0.5) is 23.2 Å². The lowest BCUT2D eigenvalue weighted by Crippen LogP contribution is -2.46. The number of halogens is 4. The van der Waals surface area contributed by atoms with Crippen molar-refractivity contribution in [1.29, 1.82) is 0 Å². The largest absolute Gasteiger partial charge is 0.417 e. The Labute approximate surface area is 169 Å². The zero-order valence-corrected chi connectivity index (χ0v) is 15.9. The van der Waals surface area contributed by atoms with E-state index in [-0.39, 0.29) is 23.3 Å². The summed E-state index contributed by atoms with van der Waals surface area (Å²) in [4.78, 5) is 5.93. The van der Waals surface area contributed by atoms with Gasteiger partial charge in [-0.3, -0.25) is 0 Å². The van der Waals surface area contributed by atoms with Crippen molar-refractivity contribution in [3.05, 3.63) is 48.3 Å². The van der Waals surface area contributed by atoms with E-state index >= 15 is 0 Å². The number of rotatable bonds is 5. The van der Waals surface area contributed by atoms with Gasteiger partial charge in [-0.1, -0.05) is 24.8 Å². The van der Waals surface area contributed by atoms with E-state index in [2.05, 4.69) is 16.9 Å². The van der Waals surface area contributed by atoms with Crippen LogP contribution >= 0.6 is 0 Å². The lowest BCUT2D eigenvalue weighted by molar-refractivity contribution is -0.0688. The molecule has 2 aromatic rings. The Kier molecular flexibility index (Phi) is 5.45. The summed E-state index contributed by atoms with van der Waals surface area (Å²) in [6.45, 7) is 1.96. The highest BCUT2D eigenvalue weighted by Crippen LogP contribution is 2.37. The molecule has 8 heteroatoms. The zero-order chi connectivity index (χ0) is 23.0. The molecule has 0 bridgehead atoms. The van der Waals surface area contributed by atoms with Gasteiger partial charge in [0.15, 0.2) is 0 Å². The Morgan fingerprint density at radius 1 is 1.45 bits per heavy atom. The Bertz CT molecular complexity index is 1000. The van der Waals surface area contributed by atoms with Gasteiger partial charge in [0, 0.05) is 38.8 Å². The number of pyridine rings is 1. The monoisotopic (exact) mass is 410 g/mol. The molecule has 0 radical (unpaired) electrons. The number of anilines is 1. The molecule has 3 rings (SSSR count). The van der Waals surface area contributed by atoms with Crippen LogP contribution in [0.3, 0.4) is 0 Å². The zero-order valence-electron chi connectivity index (χ0n) is 17.9. The number of aromatic nitrogens is 1. The molecule has 1 aromatic heterocycles. The van der Waals surface area contributed by atoms with Gasteiger partial charge in [0.1, 0.15) is 6.17 Å². The molecule has 1 aliphatic rings. The molecule has 0 unspecified atom stereocenters. The molecule has 1 aliphatic heterocycles. The molecule has 0 amide bonds. The van der Waals surface area contributed by atoms with Crippen molar-refractivity contribution in [3.63, 3.8) is 0 Å². The van der Waals surface area contributed by atoms with Gasteiger partial charge in [-0.15, -0.1) is 0 Å². The van der Waals surface area contributed by atoms with Gasteiger partial charge < -0.3 is 16.0 Å². The van der Waals surface area contributed by atoms with Crippen LogP contribution in [0.5, 0.6) is 0 Å². The average Bonchev–Trinajstić information content (AvgIpc) is 2.66. The number of likely N-dealkylation sites (tertiary alicyclic amines) is 1. The predicted molar refractivity (Wildman–Crippen MR) is 109 cm³/mol. The smallest absolute Gasteiger partial charge is 0.379 e. The van der Waals surface area contributed by atoms with Gasteiger partial charge >= 0.3 is 6.18 Å². The minimum Gasteiger partial charge on any atom is -0.379 e. The Hall–Kier alpha value is -2.45. The summed E-state index contributed by atoms with van der Waals surface area (Å²) < 4.78 is 69.6. The first-order valence-electron chi connectivity index (χ1n) is 10.1. The summed E-state index contributed by atoms with van der Waals surface area (Å²) >= 11 is 0. The molecule has 1 fully saturated rings. The minimum absolute atomic E-state index is 0.0802. The molecule has 3 N–H and O–H groups in total. The number of allylic oxidation sites excluding steroid dienone is 1. The molecule has 0 spiro atoms. The summed E-state index contributed by atoms with van der Waals surface area (Å²) in [6, 6.07) is 5.78. The van der Waals surface area contributed by atoms with Gasteiger partial charge in [0.2, 0.25) is 0 Å². The quantitative estimate of drug-likeness (QED) is 0.724. The molecule has 2 atom stereocenters. The fourth-order valence-corrected chi connectivity index (χ4v) is 3.42. The van der Waals surface area contributed by atoms with E-state index in [0.717, 1.165) is 6.08 Å². The number of hydrogen-bond acceptors (Lipinski definition) is 4. The maximum atomic E-state index is 14.5. The maximum Gasteiger partial charge on any atom is 0.417 e. The number of hydrogen-bond donors (Lipinski definition) is 2. The van der Waals surface area contributed by atoms with E-state index in [0.29, 0.717) is 24.0 Å². The summed E-state index contributed by atoms with van der Waals surface area (Å²) in [5, 5.41) is 3.75. The third-order valence-corrected chi connectivity index (χ3v) is 4.96. The highest BCUT2D eigenvalue weighted by Gasteiger charge is 2.35. The summed E-state index contributed by atoms with van der Waals surface area (Å²) in [5.41, 5.74) is 4.37. The highest BCUT2D eigenvalue weighted by molar-refractivity contribution is 6.00. The third kappa shape index (κ3) is 4.76.